The van der Waals surface area contributed by atoms with Crippen molar-refractivity contribution in [3.8, 4) is 5.88 Å². The molecule has 1 atom stereocenters. The molecule has 7 nitrogen and oxygen atoms in total. The van der Waals surface area contributed by atoms with Gasteiger partial charge in [0.25, 0.3) is 0 Å². The lowest BCUT2D eigenvalue weighted by Gasteiger charge is -2.36. The van der Waals surface area contributed by atoms with Gasteiger partial charge in [0, 0.05) is 37.7 Å². The third kappa shape index (κ3) is 7.87. The number of aromatic nitrogens is 2. The molecule has 3 heterocycles. The summed E-state index contributed by atoms with van der Waals surface area (Å²) in [7, 11) is 1.68. The number of hydrogen-bond acceptors (Lipinski definition) is 7. The maximum Gasteiger partial charge on any atom is 0.309 e. The van der Waals surface area contributed by atoms with Crippen LogP contribution in [0.15, 0.2) is 24.4 Å². The average molecular weight is 512 g/mol. The van der Waals surface area contributed by atoms with Crippen molar-refractivity contribution in [3.63, 3.8) is 0 Å². The number of piperidine rings is 1. The second-order valence-electron chi connectivity index (χ2n) is 12.1. The number of rotatable bonds is 9. The Morgan fingerprint density at radius 3 is 2.51 bits per heavy atom. The van der Waals surface area contributed by atoms with E-state index in [4.69, 9.17) is 14.2 Å². The number of carbonyl (C=O) groups is 1. The molecule has 4 rings (SSSR count). The number of pyridine rings is 2. The Morgan fingerprint density at radius 1 is 1.11 bits per heavy atom. The molecule has 0 radical (unpaired) electrons. The van der Waals surface area contributed by atoms with Crippen molar-refractivity contribution < 1.29 is 19.0 Å². The van der Waals surface area contributed by atoms with Crippen LogP contribution in [0.2, 0.25) is 0 Å². The van der Waals surface area contributed by atoms with E-state index < -0.39 is 0 Å². The minimum atomic E-state index is -0.0679. The first kappa shape index (κ1) is 27.8. The number of esters is 1. The van der Waals surface area contributed by atoms with Gasteiger partial charge in [0.05, 0.1) is 18.6 Å². The van der Waals surface area contributed by atoms with Gasteiger partial charge >= 0.3 is 5.97 Å². The van der Waals surface area contributed by atoms with Gasteiger partial charge in [-0.05, 0) is 87.6 Å². The molecular weight excluding hydrogens is 466 g/mol. The van der Waals surface area contributed by atoms with E-state index >= 15 is 0 Å². The van der Waals surface area contributed by atoms with Crippen LogP contribution in [0.25, 0.3) is 11.0 Å². The van der Waals surface area contributed by atoms with Crippen LogP contribution in [0.1, 0.15) is 78.2 Å². The summed E-state index contributed by atoms with van der Waals surface area (Å²) in [6.07, 6.45) is 9.30. The van der Waals surface area contributed by atoms with Gasteiger partial charge < -0.3 is 14.2 Å². The molecule has 0 bridgehead atoms. The zero-order chi connectivity index (χ0) is 26.4. The summed E-state index contributed by atoms with van der Waals surface area (Å²) < 4.78 is 16.9. The second kappa shape index (κ2) is 12.5. The molecule has 7 heteroatoms. The molecule has 204 valence electrons. The van der Waals surface area contributed by atoms with Crippen molar-refractivity contribution in [1.29, 1.82) is 0 Å². The predicted octanol–water partition coefficient (Wildman–Crippen LogP) is 5.79. The van der Waals surface area contributed by atoms with E-state index in [9.17, 15) is 4.79 Å². The Morgan fingerprint density at radius 2 is 1.84 bits per heavy atom. The predicted molar refractivity (Wildman–Crippen MR) is 145 cm³/mol. The molecule has 1 unspecified atom stereocenters. The van der Waals surface area contributed by atoms with E-state index in [1.54, 1.807) is 7.11 Å². The van der Waals surface area contributed by atoms with E-state index in [1.165, 1.54) is 12.8 Å². The van der Waals surface area contributed by atoms with Gasteiger partial charge in [0.1, 0.15) is 6.10 Å². The quantitative estimate of drug-likeness (QED) is 0.394. The van der Waals surface area contributed by atoms with E-state index in [1.807, 2.05) is 19.2 Å². The highest BCUT2D eigenvalue weighted by molar-refractivity contribution is 5.75. The standard InChI is InChI=1S/C30H45N3O4/c1-21(35-5)14-17-36-29(34)23-12-15-33(16-13-23)20-22-18-24-6-11-27(32-28(24)31-19-22)37-26-9-7-25(8-10-26)30(2,3)4/h6,11,18-19,21,23,25-26H,7-10,12-17,20H2,1-5H3/t21?,25-,26-. The molecule has 1 aliphatic carbocycles. The lowest BCUT2D eigenvalue weighted by Crippen LogP contribution is -2.36. The third-order valence-corrected chi connectivity index (χ3v) is 8.26. The lowest BCUT2D eigenvalue weighted by molar-refractivity contribution is -0.150. The minimum Gasteiger partial charge on any atom is -0.474 e. The zero-order valence-corrected chi connectivity index (χ0v) is 23.4. The number of nitrogens with zero attached hydrogens (tertiary/aromatic N) is 3. The van der Waals surface area contributed by atoms with Gasteiger partial charge in [0.2, 0.25) is 5.88 Å². The summed E-state index contributed by atoms with van der Waals surface area (Å²) in [5.41, 5.74) is 2.27. The van der Waals surface area contributed by atoms with Crippen molar-refractivity contribution in [2.75, 3.05) is 26.8 Å². The molecule has 2 fully saturated rings. The van der Waals surface area contributed by atoms with Crippen LogP contribution in [0.4, 0.5) is 0 Å². The highest BCUT2D eigenvalue weighted by Gasteiger charge is 2.30. The number of carbonyl (C=O) groups excluding carboxylic acids is 1. The van der Waals surface area contributed by atoms with Crippen LogP contribution in [0.3, 0.4) is 0 Å². The summed E-state index contributed by atoms with van der Waals surface area (Å²) in [6, 6.07) is 6.22. The normalized spacial score (nSPS) is 22.6. The molecule has 2 aromatic heterocycles. The first-order valence-corrected chi connectivity index (χ1v) is 14.1. The fourth-order valence-electron chi connectivity index (χ4n) is 5.55. The molecule has 1 saturated carbocycles. The second-order valence-corrected chi connectivity index (χ2v) is 12.1. The monoisotopic (exact) mass is 511 g/mol. The lowest BCUT2D eigenvalue weighted by atomic mass is 9.72. The molecule has 0 N–H and O–H groups in total. The van der Waals surface area contributed by atoms with Crippen LogP contribution < -0.4 is 4.74 Å². The fraction of sp³-hybridized carbons (Fsp3) is 0.700. The Balaban J connectivity index is 1.24. The number of methoxy groups -OCH3 is 1. The van der Waals surface area contributed by atoms with Crippen LogP contribution >= 0.6 is 0 Å². The largest absolute Gasteiger partial charge is 0.474 e. The van der Waals surface area contributed by atoms with Crippen LogP contribution in [0, 0.1) is 17.3 Å². The van der Waals surface area contributed by atoms with E-state index in [2.05, 4.69) is 47.8 Å². The van der Waals surface area contributed by atoms with Gasteiger partial charge in [-0.1, -0.05) is 20.8 Å². The SMILES string of the molecule is COC(C)CCOC(=O)C1CCN(Cc2cnc3nc(O[C@H]4CC[C@H](C(C)(C)C)CC4)ccc3c2)CC1. The summed E-state index contributed by atoms with van der Waals surface area (Å²) in [4.78, 5) is 24.1. The smallest absolute Gasteiger partial charge is 0.309 e. The van der Waals surface area contributed by atoms with Crippen LogP contribution in [0.5, 0.6) is 5.88 Å². The molecule has 1 saturated heterocycles. The van der Waals surface area contributed by atoms with Gasteiger partial charge in [0.15, 0.2) is 5.65 Å². The molecule has 0 spiro atoms. The molecule has 0 aromatic carbocycles. The third-order valence-electron chi connectivity index (χ3n) is 8.26. The Labute approximate surface area is 222 Å². The van der Waals surface area contributed by atoms with Crippen molar-refractivity contribution in [2.45, 2.75) is 91.4 Å². The molecule has 2 aromatic rings. The van der Waals surface area contributed by atoms with Gasteiger partial charge in [-0.25, -0.2) is 4.98 Å². The zero-order valence-electron chi connectivity index (χ0n) is 23.4. The Kier molecular flexibility index (Phi) is 9.41. The first-order chi connectivity index (χ1) is 17.7. The summed E-state index contributed by atoms with van der Waals surface area (Å²) in [6.45, 7) is 12.0. The number of fused-ring (bicyclic) bond motifs is 1. The Hall–Kier alpha value is -2.25. The summed E-state index contributed by atoms with van der Waals surface area (Å²) in [5.74, 6) is 1.38. The van der Waals surface area contributed by atoms with E-state index in [-0.39, 0.29) is 24.1 Å². The topological polar surface area (TPSA) is 73.8 Å². The van der Waals surface area contributed by atoms with Crippen molar-refractivity contribution in [2.24, 2.45) is 17.3 Å². The average Bonchev–Trinajstić information content (AvgIpc) is 2.89. The molecule has 37 heavy (non-hydrogen) atoms. The number of hydrogen-bond donors (Lipinski definition) is 0. The van der Waals surface area contributed by atoms with Crippen molar-refractivity contribution >= 4 is 17.0 Å². The Bertz CT molecular complexity index is 1020. The molecule has 1 aliphatic heterocycles. The fourth-order valence-corrected chi connectivity index (χ4v) is 5.55. The highest BCUT2D eigenvalue weighted by Crippen LogP contribution is 2.38. The number of likely N-dealkylation sites (tertiary alicyclic amines) is 1. The summed E-state index contributed by atoms with van der Waals surface area (Å²) >= 11 is 0. The highest BCUT2D eigenvalue weighted by atomic mass is 16.5. The maximum atomic E-state index is 12.4. The summed E-state index contributed by atoms with van der Waals surface area (Å²) in [5, 5.41) is 1.03. The number of ether oxygens (including phenoxy) is 3. The van der Waals surface area contributed by atoms with Gasteiger partial charge in [-0.15, -0.1) is 0 Å². The van der Waals surface area contributed by atoms with E-state index in [0.29, 0.717) is 17.9 Å². The first-order valence-electron chi connectivity index (χ1n) is 14.1. The van der Waals surface area contributed by atoms with Crippen LogP contribution in [-0.4, -0.2) is 59.9 Å². The van der Waals surface area contributed by atoms with Gasteiger partial charge in [-0.2, -0.15) is 4.98 Å². The molecule has 2 aliphatic rings. The maximum absolute atomic E-state index is 12.4. The molecule has 0 amide bonds. The van der Waals surface area contributed by atoms with E-state index in [0.717, 1.165) is 74.3 Å². The van der Waals surface area contributed by atoms with Crippen LogP contribution in [-0.2, 0) is 20.8 Å². The molecular formula is C30H45N3O4. The van der Waals surface area contributed by atoms with Gasteiger partial charge in [-0.3, -0.25) is 9.69 Å². The minimum absolute atomic E-state index is 0.00466. The van der Waals surface area contributed by atoms with Crippen molar-refractivity contribution in [1.82, 2.24) is 14.9 Å². The van der Waals surface area contributed by atoms with Crippen molar-refractivity contribution in [3.05, 3.63) is 30.0 Å².